The average molecular weight is 491 g/mol. The van der Waals surface area contributed by atoms with Crippen molar-refractivity contribution in [1.82, 2.24) is 24.4 Å². The summed E-state index contributed by atoms with van der Waals surface area (Å²) in [7, 11) is 1.61. The lowest BCUT2D eigenvalue weighted by Gasteiger charge is -2.38. The smallest absolute Gasteiger partial charge is 0.171 e. The zero-order valence-corrected chi connectivity index (χ0v) is 20.1. The number of nitrogens with zero attached hydrogens (tertiary/aromatic N) is 6. The molecule has 0 aliphatic heterocycles. The molecule has 1 aliphatic rings. The third-order valence-corrected chi connectivity index (χ3v) is 6.89. The number of aromatic nitrogens is 5. The maximum Gasteiger partial charge on any atom is 0.171 e. The molecule has 0 atom stereocenters. The van der Waals surface area contributed by atoms with E-state index in [1.54, 1.807) is 24.0 Å². The second-order valence-corrected chi connectivity index (χ2v) is 9.00. The summed E-state index contributed by atoms with van der Waals surface area (Å²) in [5, 5.41) is 21.6. The van der Waals surface area contributed by atoms with Gasteiger partial charge < -0.3 is 26.1 Å². The number of ether oxygens (including phenoxy) is 2. The maximum atomic E-state index is 9.34. The van der Waals surface area contributed by atoms with Crippen molar-refractivity contribution in [3.05, 3.63) is 60.7 Å². The van der Waals surface area contributed by atoms with Crippen molar-refractivity contribution < 1.29 is 14.7 Å². The molecule has 188 valence electrons. The van der Waals surface area contributed by atoms with E-state index in [9.17, 15) is 5.21 Å². The van der Waals surface area contributed by atoms with E-state index in [1.165, 1.54) is 0 Å². The Morgan fingerprint density at radius 2 is 1.94 bits per heavy atom. The number of para-hydroxylation sites is 1. The van der Waals surface area contributed by atoms with E-state index in [4.69, 9.17) is 25.9 Å². The number of nitrogen functional groups attached to an aromatic ring is 1. The number of fused-ring (bicyclic) bond motifs is 1. The van der Waals surface area contributed by atoms with Crippen molar-refractivity contribution in [2.24, 2.45) is 10.9 Å². The first-order valence-corrected chi connectivity index (χ1v) is 11.9. The van der Waals surface area contributed by atoms with Gasteiger partial charge in [-0.2, -0.15) is 14.7 Å². The number of oxime groups is 1. The highest BCUT2D eigenvalue weighted by Crippen LogP contribution is 2.40. The fourth-order valence-electron chi connectivity index (χ4n) is 4.87. The summed E-state index contributed by atoms with van der Waals surface area (Å²) < 4.78 is 14.6. The number of benzene rings is 1. The van der Waals surface area contributed by atoms with Gasteiger partial charge >= 0.3 is 0 Å². The maximum absolute atomic E-state index is 9.34. The molecule has 0 amide bonds. The van der Waals surface area contributed by atoms with Gasteiger partial charge in [0.15, 0.2) is 11.5 Å². The molecule has 0 radical (unpaired) electrons. The zero-order chi connectivity index (χ0) is 25.1. The van der Waals surface area contributed by atoms with Gasteiger partial charge in [0.25, 0.3) is 0 Å². The van der Waals surface area contributed by atoms with Gasteiger partial charge in [-0.1, -0.05) is 23.4 Å². The Balaban J connectivity index is 1.41. The SMILES string of the molecule is COCCOC1(/C(N)=N/O)CCC(c2cc(N)n3ncc(-c4cnn(-c5ccccc5)c4)c3n2)CC1. The number of rotatable bonds is 8. The fourth-order valence-corrected chi connectivity index (χ4v) is 4.87. The lowest BCUT2D eigenvalue weighted by Crippen LogP contribution is -2.49. The van der Waals surface area contributed by atoms with Crippen LogP contribution in [-0.4, -0.2) is 61.3 Å². The lowest BCUT2D eigenvalue weighted by atomic mass is 9.76. The fraction of sp³-hybridized carbons (Fsp3) is 0.360. The highest BCUT2D eigenvalue weighted by Gasteiger charge is 2.41. The Morgan fingerprint density at radius 3 is 2.67 bits per heavy atom. The topological polar surface area (TPSA) is 151 Å². The molecule has 3 heterocycles. The molecule has 0 spiro atoms. The number of nitrogens with two attached hydrogens (primary N) is 2. The van der Waals surface area contributed by atoms with Gasteiger partial charge in [0.05, 0.1) is 31.3 Å². The summed E-state index contributed by atoms with van der Waals surface area (Å²) in [6.45, 7) is 0.799. The number of amidine groups is 1. The van der Waals surface area contributed by atoms with Crippen LogP contribution in [0.2, 0.25) is 0 Å². The molecule has 5 rings (SSSR count). The van der Waals surface area contributed by atoms with Crippen molar-refractivity contribution in [1.29, 1.82) is 0 Å². The third-order valence-electron chi connectivity index (χ3n) is 6.89. The Labute approximate surface area is 208 Å². The molecular weight excluding hydrogens is 460 g/mol. The minimum absolute atomic E-state index is 0.0912. The first-order valence-electron chi connectivity index (χ1n) is 11.9. The first-order chi connectivity index (χ1) is 17.5. The molecule has 3 aromatic heterocycles. The molecule has 4 aromatic rings. The van der Waals surface area contributed by atoms with Gasteiger partial charge in [-0.3, -0.25) is 0 Å². The Hall–Kier alpha value is -3.96. The molecule has 36 heavy (non-hydrogen) atoms. The highest BCUT2D eigenvalue weighted by molar-refractivity contribution is 5.88. The quantitative estimate of drug-likeness (QED) is 0.112. The van der Waals surface area contributed by atoms with Crippen LogP contribution in [0.5, 0.6) is 0 Å². The van der Waals surface area contributed by atoms with Crippen LogP contribution in [0.1, 0.15) is 37.3 Å². The van der Waals surface area contributed by atoms with E-state index in [2.05, 4.69) is 15.4 Å². The van der Waals surface area contributed by atoms with Crippen LogP contribution >= 0.6 is 0 Å². The Kier molecular flexibility index (Phi) is 6.57. The van der Waals surface area contributed by atoms with Crippen LogP contribution < -0.4 is 11.5 Å². The van der Waals surface area contributed by atoms with Crippen molar-refractivity contribution in [2.75, 3.05) is 26.1 Å². The average Bonchev–Trinajstić information content (AvgIpc) is 3.57. The summed E-state index contributed by atoms with van der Waals surface area (Å²) >= 11 is 0. The number of hydrogen-bond acceptors (Lipinski definition) is 8. The van der Waals surface area contributed by atoms with Gasteiger partial charge in [0.2, 0.25) is 0 Å². The van der Waals surface area contributed by atoms with E-state index in [1.807, 2.05) is 47.3 Å². The first kappa shape index (κ1) is 23.8. The third kappa shape index (κ3) is 4.38. The molecule has 1 saturated carbocycles. The van der Waals surface area contributed by atoms with Gasteiger partial charge in [-0.25, -0.2) is 9.67 Å². The molecular formula is C25H30N8O3. The summed E-state index contributed by atoms with van der Waals surface area (Å²) in [5.74, 6) is 0.757. The van der Waals surface area contributed by atoms with Crippen LogP contribution in [0.15, 0.2) is 60.1 Å². The largest absolute Gasteiger partial charge is 0.409 e. The molecule has 0 saturated heterocycles. The van der Waals surface area contributed by atoms with E-state index in [0.717, 1.165) is 35.3 Å². The van der Waals surface area contributed by atoms with Gasteiger partial charge in [0, 0.05) is 42.1 Å². The molecule has 1 aromatic carbocycles. The lowest BCUT2D eigenvalue weighted by molar-refractivity contribution is -0.0434. The summed E-state index contributed by atoms with van der Waals surface area (Å²) in [4.78, 5) is 4.98. The van der Waals surface area contributed by atoms with E-state index in [0.29, 0.717) is 37.5 Å². The van der Waals surface area contributed by atoms with Gasteiger partial charge in [0.1, 0.15) is 11.4 Å². The summed E-state index contributed by atoms with van der Waals surface area (Å²) in [5.41, 5.74) is 15.9. The molecule has 5 N–H and O–H groups in total. The van der Waals surface area contributed by atoms with E-state index < -0.39 is 5.60 Å². The van der Waals surface area contributed by atoms with Crippen LogP contribution in [-0.2, 0) is 9.47 Å². The predicted octanol–water partition coefficient (Wildman–Crippen LogP) is 2.97. The molecule has 1 aliphatic carbocycles. The van der Waals surface area contributed by atoms with Crippen LogP contribution in [0.3, 0.4) is 0 Å². The minimum atomic E-state index is -0.812. The highest BCUT2D eigenvalue weighted by atomic mass is 16.5. The second kappa shape index (κ2) is 9.96. The van der Waals surface area contributed by atoms with E-state index >= 15 is 0 Å². The molecule has 0 bridgehead atoms. The van der Waals surface area contributed by atoms with Gasteiger partial charge in [-0.15, -0.1) is 0 Å². The van der Waals surface area contributed by atoms with Crippen molar-refractivity contribution in [2.45, 2.75) is 37.2 Å². The molecule has 1 fully saturated rings. The number of methoxy groups -OCH3 is 1. The van der Waals surface area contributed by atoms with Crippen LogP contribution in [0.4, 0.5) is 5.82 Å². The monoisotopic (exact) mass is 490 g/mol. The number of anilines is 1. The van der Waals surface area contributed by atoms with Crippen molar-refractivity contribution >= 4 is 17.3 Å². The summed E-state index contributed by atoms with van der Waals surface area (Å²) in [6.07, 6.45) is 8.23. The van der Waals surface area contributed by atoms with E-state index in [-0.39, 0.29) is 11.8 Å². The summed E-state index contributed by atoms with van der Waals surface area (Å²) in [6, 6.07) is 11.8. The second-order valence-electron chi connectivity index (χ2n) is 9.00. The Morgan fingerprint density at radius 1 is 1.17 bits per heavy atom. The standard InChI is InChI=1S/C25H30N8O3/c1-35-11-12-36-25(24(27)31-34)9-7-17(8-10-25)21-13-22(26)33-23(30-21)20(15-29-33)18-14-28-32(16-18)19-5-3-2-4-6-19/h2-6,13-17,34H,7-12,26H2,1H3,(H2,27,31). The van der Waals surface area contributed by atoms with Crippen molar-refractivity contribution in [3.8, 4) is 16.8 Å². The molecule has 0 unspecified atom stereocenters. The normalized spacial score (nSPS) is 20.7. The zero-order valence-electron chi connectivity index (χ0n) is 20.1. The van der Waals surface area contributed by atoms with Crippen LogP contribution in [0, 0.1) is 0 Å². The van der Waals surface area contributed by atoms with Gasteiger partial charge in [-0.05, 0) is 37.8 Å². The number of hydrogen-bond donors (Lipinski definition) is 3. The van der Waals surface area contributed by atoms with Crippen LogP contribution in [0.25, 0.3) is 22.5 Å². The Bertz CT molecular complexity index is 1360. The molecule has 11 nitrogen and oxygen atoms in total. The predicted molar refractivity (Wildman–Crippen MR) is 135 cm³/mol. The minimum Gasteiger partial charge on any atom is -0.409 e. The van der Waals surface area contributed by atoms with Crippen molar-refractivity contribution in [3.63, 3.8) is 0 Å². The molecule has 11 heteroatoms.